The predicted molar refractivity (Wildman–Crippen MR) is 61.0 cm³/mol. The van der Waals surface area contributed by atoms with Crippen molar-refractivity contribution < 1.29 is 0 Å². The fourth-order valence-corrected chi connectivity index (χ4v) is 1.79. The fourth-order valence-electron chi connectivity index (χ4n) is 1.79. The van der Waals surface area contributed by atoms with Gasteiger partial charge in [0, 0.05) is 13.5 Å². The number of hydrogen-bond donors (Lipinski definition) is 0. The van der Waals surface area contributed by atoms with Crippen molar-refractivity contribution in [3.8, 4) is 0 Å². The SMILES string of the molecule is CCCc1nc2ccccc(=O)c2n1C. The summed E-state index contributed by atoms with van der Waals surface area (Å²) in [5.74, 6) is 0.982. The van der Waals surface area contributed by atoms with Crippen molar-refractivity contribution in [2.24, 2.45) is 7.05 Å². The Kier molecular flexibility index (Phi) is 2.54. The maximum Gasteiger partial charge on any atom is 0.204 e. The van der Waals surface area contributed by atoms with E-state index in [4.69, 9.17) is 0 Å². The van der Waals surface area contributed by atoms with Crippen LogP contribution < -0.4 is 5.43 Å². The van der Waals surface area contributed by atoms with Crippen LogP contribution >= 0.6 is 0 Å². The maximum absolute atomic E-state index is 11.8. The Morgan fingerprint density at radius 1 is 1.33 bits per heavy atom. The van der Waals surface area contributed by atoms with E-state index in [0.29, 0.717) is 5.52 Å². The van der Waals surface area contributed by atoms with Crippen molar-refractivity contribution >= 4 is 11.0 Å². The molecule has 0 N–H and O–H groups in total. The van der Waals surface area contributed by atoms with Gasteiger partial charge in [-0.15, -0.1) is 0 Å². The van der Waals surface area contributed by atoms with Crippen molar-refractivity contribution in [1.29, 1.82) is 0 Å². The lowest BCUT2D eigenvalue weighted by Gasteiger charge is -1.97. The molecule has 0 aliphatic heterocycles. The first-order valence-corrected chi connectivity index (χ1v) is 5.18. The van der Waals surface area contributed by atoms with Crippen molar-refractivity contribution in [2.75, 3.05) is 0 Å². The van der Waals surface area contributed by atoms with Crippen LogP contribution in [0.25, 0.3) is 11.0 Å². The third kappa shape index (κ3) is 1.65. The lowest BCUT2D eigenvalue weighted by molar-refractivity contribution is 0.772. The second kappa shape index (κ2) is 3.85. The second-order valence-corrected chi connectivity index (χ2v) is 3.65. The summed E-state index contributed by atoms with van der Waals surface area (Å²) in [6, 6.07) is 7.07. The summed E-state index contributed by atoms with van der Waals surface area (Å²) < 4.78 is 1.90. The van der Waals surface area contributed by atoms with Crippen LogP contribution in [0.15, 0.2) is 29.1 Å². The minimum Gasteiger partial charge on any atom is -0.328 e. The zero-order valence-electron chi connectivity index (χ0n) is 9.03. The summed E-state index contributed by atoms with van der Waals surface area (Å²) in [5.41, 5.74) is 1.52. The Morgan fingerprint density at radius 2 is 2.07 bits per heavy atom. The normalized spacial score (nSPS) is 10.8. The molecule has 0 spiro atoms. The number of imidazole rings is 1. The number of rotatable bonds is 2. The Labute approximate surface area is 88.4 Å². The fraction of sp³-hybridized carbons (Fsp3) is 0.333. The van der Waals surface area contributed by atoms with Crippen LogP contribution in [0.3, 0.4) is 0 Å². The highest BCUT2D eigenvalue weighted by molar-refractivity contribution is 5.74. The number of aryl methyl sites for hydroxylation is 2. The van der Waals surface area contributed by atoms with Gasteiger partial charge in [-0.05, 0) is 18.6 Å². The van der Waals surface area contributed by atoms with Crippen molar-refractivity contribution in [3.05, 3.63) is 40.3 Å². The van der Waals surface area contributed by atoms with Crippen LogP contribution in [-0.2, 0) is 13.5 Å². The van der Waals surface area contributed by atoms with Crippen LogP contribution in [0.2, 0.25) is 0 Å². The quantitative estimate of drug-likeness (QED) is 0.745. The highest BCUT2D eigenvalue weighted by atomic mass is 16.1. The van der Waals surface area contributed by atoms with Gasteiger partial charge in [0.05, 0.1) is 5.52 Å². The van der Waals surface area contributed by atoms with E-state index in [1.54, 1.807) is 12.1 Å². The van der Waals surface area contributed by atoms with Gasteiger partial charge in [-0.3, -0.25) is 4.79 Å². The third-order valence-electron chi connectivity index (χ3n) is 2.53. The molecule has 0 saturated heterocycles. The lowest BCUT2D eigenvalue weighted by atomic mass is 10.3. The number of aromatic nitrogens is 2. The number of nitrogens with zero attached hydrogens (tertiary/aromatic N) is 2. The highest BCUT2D eigenvalue weighted by Gasteiger charge is 2.07. The summed E-state index contributed by atoms with van der Waals surface area (Å²) in [5, 5.41) is 0. The average Bonchev–Trinajstić information content (AvgIpc) is 2.41. The molecule has 2 aromatic rings. The van der Waals surface area contributed by atoms with Crippen LogP contribution in [0.4, 0.5) is 0 Å². The minimum absolute atomic E-state index is 0.0346. The highest BCUT2D eigenvalue weighted by Crippen LogP contribution is 2.10. The first kappa shape index (κ1) is 9.90. The van der Waals surface area contributed by atoms with Gasteiger partial charge in [-0.2, -0.15) is 0 Å². The molecule has 1 aromatic carbocycles. The van der Waals surface area contributed by atoms with E-state index in [0.717, 1.165) is 24.2 Å². The van der Waals surface area contributed by atoms with Crippen LogP contribution in [0, 0.1) is 0 Å². The smallest absolute Gasteiger partial charge is 0.204 e. The molecule has 0 atom stereocenters. The topological polar surface area (TPSA) is 34.9 Å². The molecule has 15 heavy (non-hydrogen) atoms. The largest absolute Gasteiger partial charge is 0.328 e. The molecule has 2 rings (SSSR count). The van der Waals surface area contributed by atoms with Gasteiger partial charge in [-0.25, -0.2) is 4.98 Å². The van der Waals surface area contributed by atoms with E-state index in [1.165, 1.54) is 0 Å². The van der Waals surface area contributed by atoms with Crippen LogP contribution in [-0.4, -0.2) is 9.55 Å². The van der Waals surface area contributed by atoms with Gasteiger partial charge in [-0.1, -0.05) is 19.1 Å². The Hall–Kier alpha value is -1.64. The number of fused-ring (bicyclic) bond motifs is 1. The van der Waals surface area contributed by atoms with Gasteiger partial charge >= 0.3 is 0 Å². The molecule has 3 nitrogen and oxygen atoms in total. The number of hydrogen-bond acceptors (Lipinski definition) is 2. The molecule has 0 bridgehead atoms. The maximum atomic E-state index is 11.8. The monoisotopic (exact) mass is 202 g/mol. The van der Waals surface area contributed by atoms with Gasteiger partial charge in [0.1, 0.15) is 11.3 Å². The van der Waals surface area contributed by atoms with Gasteiger partial charge in [0.2, 0.25) is 5.43 Å². The van der Waals surface area contributed by atoms with E-state index in [1.807, 2.05) is 23.7 Å². The lowest BCUT2D eigenvalue weighted by Crippen LogP contribution is -2.04. The van der Waals surface area contributed by atoms with Gasteiger partial charge < -0.3 is 4.57 Å². The molecular weight excluding hydrogens is 188 g/mol. The van der Waals surface area contributed by atoms with E-state index in [9.17, 15) is 4.79 Å². The first-order valence-electron chi connectivity index (χ1n) is 5.18. The molecule has 0 fully saturated rings. The molecule has 1 heterocycles. The van der Waals surface area contributed by atoms with E-state index >= 15 is 0 Å². The summed E-state index contributed by atoms with van der Waals surface area (Å²) in [6.45, 7) is 2.11. The summed E-state index contributed by atoms with van der Waals surface area (Å²) >= 11 is 0. The van der Waals surface area contributed by atoms with Crippen LogP contribution in [0.1, 0.15) is 19.2 Å². The van der Waals surface area contributed by atoms with Crippen molar-refractivity contribution in [3.63, 3.8) is 0 Å². The summed E-state index contributed by atoms with van der Waals surface area (Å²) in [6.07, 6.45) is 1.95. The molecule has 0 aliphatic rings. The second-order valence-electron chi connectivity index (χ2n) is 3.65. The predicted octanol–water partition coefficient (Wildman–Crippen LogP) is 1.89. The van der Waals surface area contributed by atoms with Gasteiger partial charge in [0.15, 0.2) is 0 Å². The molecule has 0 unspecified atom stereocenters. The zero-order valence-corrected chi connectivity index (χ0v) is 9.03. The van der Waals surface area contributed by atoms with Gasteiger partial charge in [0.25, 0.3) is 0 Å². The molecular formula is C12H14N2O. The molecule has 78 valence electrons. The average molecular weight is 202 g/mol. The first-order chi connectivity index (χ1) is 7.24. The summed E-state index contributed by atoms with van der Waals surface area (Å²) in [4.78, 5) is 16.2. The molecule has 0 aliphatic carbocycles. The summed E-state index contributed by atoms with van der Waals surface area (Å²) in [7, 11) is 1.90. The Bertz CT molecular complexity index is 543. The van der Waals surface area contributed by atoms with Crippen molar-refractivity contribution in [1.82, 2.24) is 9.55 Å². The Balaban J connectivity index is 2.80. The van der Waals surface area contributed by atoms with E-state index in [-0.39, 0.29) is 5.43 Å². The molecule has 0 saturated carbocycles. The zero-order chi connectivity index (χ0) is 10.8. The Morgan fingerprint density at radius 3 is 2.80 bits per heavy atom. The minimum atomic E-state index is 0.0346. The van der Waals surface area contributed by atoms with Crippen molar-refractivity contribution in [2.45, 2.75) is 19.8 Å². The van der Waals surface area contributed by atoms with E-state index < -0.39 is 0 Å². The molecule has 3 heteroatoms. The third-order valence-corrected chi connectivity index (χ3v) is 2.53. The molecule has 1 aromatic heterocycles. The molecule has 0 radical (unpaired) electrons. The standard InChI is InChI=1S/C12H14N2O/c1-3-6-11-13-9-7-4-5-8-10(15)12(9)14(11)2/h4-5,7-8H,3,6H2,1-2H3. The van der Waals surface area contributed by atoms with E-state index in [2.05, 4.69) is 11.9 Å². The van der Waals surface area contributed by atoms with Crippen LogP contribution in [0.5, 0.6) is 0 Å². The molecule has 0 amide bonds.